The molecular formula is C13H11F2N3S2. The Labute approximate surface area is 122 Å². The first-order chi connectivity index (χ1) is 9.43. The molecule has 0 saturated carbocycles. The van der Waals surface area contributed by atoms with Gasteiger partial charge in [0.15, 0.2) is 16.4 Å². The highest BCUT2D eigenvalue weighted by Crippen LogP contribution is 2.32. The normalized spacial score (nSPS) is 12.2. The highest BCUT2D eigenvalue weighted by Gasteiger charge is 2.30. The molecule has 0 saturated heterocycles. The molecule has 0 fully saturated rings. The summed E-state index contributed by atoms with van der Waals surface area (Å²) in [6.07, 6.45) is 1.68. The predicted octanol–water partition coefficient (Wildman–Crippen LogP) is 4.22. The van der Waals surface area contributed by atoms with Crippen LogP contribution in [-0.2, 0) is 5.54 Å². The summed E-state index contributed by atoms with van der Waals surface area (Å²) in [4.78, 5) is 7.18. The fourth-order valence-electron chi connectivity index (χ4n) is 2.29. The smallest absolute Gasteiger partial charge is 0.184 e. The molecule has 0 unspecified atom stereocenters. The van der Waals surface area contributed by atoms with Crippen molar-refractivity contribution in [1.29, 1.82) is 0 Å². The van der Waals surface area contributed by atoms with Gasteiger partial charge in [0.1, 0.15) is 10.5 Å². The van der Waals surface area contributed by atoms with Gasteiger partial charge in [-0.25, -0.2) is 13.8 Å². The highest BCUT2D eigenvalue weighted by atomic mass is 32.1. The second kappa shape index (κ2) is 4.46. The van der Waals surface area contributed by atoms with E-state index in [1.54, 1.807) is 10.8 Å². The number of nitrogens with one attached hydrogen (secondary N) is 1. The van der Waals surface area contributed by atoms with Crippen LogP contribution < -0.4 is 0 Å². The SMILES string of the molecule is CC(C)(c1nccs1)n1c(=S)[nH]c2ccc(F)c(F)c21. The van der Waals surface area contributed by atoms with E-state index in [2.05, 4.69) is 9.97 Å². The maximum Gasteiger partial charge on any atom is 0.184 e. The van der Waals surface area contributed by atoms with Gasteiger partial charge in [0.05, 0.1) is 11.1 Å². The van der Waals surface area contributed by atoms with E-state index in [0.29, 0.717) is 10.3 Å². The summed E-state index contributed by atoms with van der Waals surface area (Å²) >= 11 is 6.72. The Kier molecular flexibility index (Phi) is 2.98. The molecule has 0 radical (unpaired) electrons. The van der Waals surface area contributed by atoms with Gasteiger partial charge in [-0.15, -0.1) is 11.3 Å². The molecule has 3 nitrogen and oxygen atoms in total. The van der Waals surface area contributed by atoms with E-state index in [-0.39, 0.29) is 5.52 Å². The van der Waals surface area contributed by atoms with Gasteiger partial charge >= 0.3 is 0 Å². The van der Waals surface area contributed by atoms with E-state index >= 15 is 0 Å². The molecule has 0 aliphatic rings. The van der Waals surface area contributed by atoms with Gasteiger partial charge in [-0.1, -0.05) is 0 Å². The molecule has 0 aliphatic carbocycles. The number of aromatic amines is 1. The van der Waals surface area contributed by atoms with Crippen molar-refractivity contribution in [3.8, 4) is 0 Å². The lowest BCUT2D eigenvalue weighted by atomic mass is 10.1. The Morgan fingerprint density at radius 2 is 2.10 bits per heavy atom. The van der Waals surface area contributed by atoms with E-state index in [4.69, 9.17) is 12.2 Å². The summed E-state index contributed by atoms with van der Waals surface area (Å²) in [7, 11) is 0. The van der Waals surface area contributed by atoms with Gasteiger partial charge in [-0.05, 0) is 38.2 Å². The highest BCUT2D eigenvalue weighted by molar-refractivity contribution is 7.71. The molecule has 104 valence electrons. The van der Waals surface area contributed by atoms with Crippen LogP contribution in [0.5, 0.6) is 0 Å². The van der Waals surface area contributed by atoms with Crippen LogP contribution in [0.3, 0.4) is 0 Å². The van der Waals surface area contributed by atoms with E-state index < -0.39 is 17.2 Å². The maximum atomic E-state index is 14.2. The monoisotopic (exact) mass is 311 g/mol. The van der Waals surface area contributed by atoms with Crippen molar-refractivity contribution in [1.82, 2.24) is 14.5 Å². The largest absolute Gasteiger partial charge is 0.330 e. The lowest BCUT2D eigenvalue weighted by molar-refractivity contribution is 0.431. The van der Waals surface area contributed by atoms with Crippen LogP contribution in [0.15, 0.2) is 23.7 Å². The minimum Gasteiger partial charge on any atom is -0.330 e. The number of thiazole rings is 1. The summed E-state index contributed by atoms with van der Waals surface area (Å²) < 4.78 is 29.6. The summed E-state index contributed by atoms with van der Waals surface area (Å²) in [5.41, 5.74) is -0.0632. The number of fused-ring (bicyclic) bond motifs is 1. The summed E-state index contributed by atoms with van der Waals surface area (Å²) in [5, 5.41) is 2.62. The number of H-pyrrole nitrogens is 1. The third-order valence-electron chi connectivity index (χ3n) is 3.25. The predicted molar refractivity (Wildman–Crippen MR) is 77.6 cm³/mol. The molecule has 3 aromatic rings. The molecule has 1 aromatic carbocycles. The molecule has 1 N–H and O–H groups in total. The van der Waals surface area contributed by atoms with Gasteiger partial charge < -0.3 is 9.55 Å². The van der Waals surface area contributed by atoms with Crippen LogP contribution in [0.1, 0.15) is 18.9 Å². The van der Waals surface area contributed by atoms with Crippen LogP contribution in [0.4, 0.5) is 8.78 Å². The molecule has 2 aromatic heterocycles. The molecular weight excluding hydrogens is 300 g/mol. The van der Waals surface area contributed by atoms with Gasteiger partial charge in [-0.3, -0.25) is 0 Å². The molecule has 0 spiro atoms. The molecule has 0 amide bonds. The molecule has 0 atom stereocenters. The van der Waals surface area contributed by atoms with Crippen molar-refractivity contribution >= 4 is 34.6 Å². The van der Waals surface area contributed by atoms with E-state index in [9.17, 15) is 8.78 Å². The van der Waals surface area contributed by atoms with Crippen molar-refractivity contribution < 1.29 is 8.78 Å². The van der Waals surface area contributed by atoms with Crippen LogP contribution in [-0.4, -0.2) is 14.5 Å². The van der Waals surface area contributed by atoms with Crippen LogP contribution in [0.2, 0.25) is 0 Å². The van der Waals surface area contributed by atoms with E-state index in [1.807, 2.05) is 19.2 Å². The number of hydrogen-bond acceptors (Lipinski definition) is 3. The molecule has 20 heavy (non-hydrogen) atoms. The average Bonchev–Trinajstić information content (AvgIpc) is 3.01. The quantitative estimate of drug-likeness (QED) is 0.719. The summed E-state index contributed by atoms with van der Waals surface area (Å²) in [6.45, 7) is 3.75. The van der Waals surface area contributed by atoms with E-state index in [1.165, 1.54) is 17.4 Å². The third kappa shape index (κ3) is 1.81. The zero-order chi connectivity index (χ0) is 14.5. The number of imidazole rings is 1. The standard InChI is InChI=1S/C13H11F2N3S2/c1-13(2,11-16-5-6-20-11)18-10-8(17-12(18)19)4-3-7(14)9(10)15/h3-6H,1-2H3,(H,17,19). The summed E-state index contributed by atoms with van der Waals surface area (Å²) in [5.74, 6) is -1.80. The van der Waals surface area contributed by atoms with Crippen molar-refractivity contribution in [2.24, 2.45) is 0 Å². The van der Waals surface area contributed by atoms with Crippen LogP contribution >= 0.6 is 23.6 Å². The van der Waals surface area contributed by atoms with Gasteiger partial charge in [0, 0.05) is 11.6 Å². The number of aromatic nitrogens is 3. The van der Waals surface area contributed by atoms with Crippen molar-refractivity contribution in [3.05, 3.63) is 45.1 Å². The Bertz CT molecular complexity index is 831. The molecule has 3 rings (SSSR count). The summed E-state index contributed by atoms with van der Waals surface area (Å²) in [6, 6.07) is 2.57. The second-order valence-electron chi connectivity index (χ2n) is 4.92. The van der Waals surface area contributed by atoms with Crippen molar-refractivity contribution in [2.75, 3.05) is 0 Å². The Morgan fingerprint density at radius 3 is 2.75 bits per heavy atom. The Morgan fingerprint density at radius 1 is 1.35 bits per heavy atom. The Hall–Kier alpha value is -1.60. The number of halogens is 2. The first kappa shape index (κ1) is 13.4. The fourth-order valence-corrected chi connectivity index (χ4v) is 3.47. The van der Waals surface area contributed by atoms with Crippen LogP contribution in [0.25, 0.3) is 11.0 Å². The van der Waals surface area contributed by atoms with Crippen molar-refractivity contribution in [3.63, 3.8) is 0 Å². The first-order valence-electron chi connectivity index (χ1n) is 5.92. The van der Waals surface area contributed by atoms with Gasteiger partial charge in [0.2, 0.25) is 0 Å². The Balaban J connectivity index is 2.40. The second-order valence-corrected chi connectivity index (χ2v) is 6.20. The molecule has 7 heteroatoms. The topological polar surface area (TPSA) is 33.6 Å². The minimum atomic E-state index is -0.903. The van der Waals surface area contributed by atoms with Crippen LogP contribution in [0, 0.1) is 16.4 Å². The number of hydrogen-bond donors (Lipinski definition) is 1. The molecule has 0 aliphatic heterocycles. The zero-order valence-corrected chi connectivity index (χ0v) is 12.4. The number of nitrogens with zero attached hydrogens (tertiary/aromatic N) is 2. The average molecular weight is 311 g/mol. The fraction of sp³-hybridized carbons (Fsp3) is 0.231. The third-order valence-corrected chi connectivity index (χ3v) is 4.62. The minimum absolute atomic E-state index is 0.134. The lowest BCUT2D eigenvalue weighted by Crippen LogP contribution is -2.28. The van der Waals surface area contributed by atoms with Gasteiger partial charge in [0.25, 0.3) is 0 Å². The van der Waals surface area contributed by atoms with Gasteiger partial charge in [-0.2, -0.15) is 0 Å². The van der Waals surface area contributed by atoms with Crippen molar-refractivity contribution in [2.45, 2.75) is 19.4 Å². The molecule has 2 heterocycles. The first-order valence-corrected chi connectivity index (χ1v) is 7.21. The lowest BCUT2D eigenvalue weighted by Gasteiger charge is -2.25. The maximum absolute atomic E-state index is 14.2. The number of rotatable bonds is 2. The zero-order valence-electron chi connectivity index (χ0n) is 10.8. The van der Waals surface area contributed by atoms with E-state index in [0.717, 1.165) is 11.1 Å². The molecule has 0 bridgehead atoms. The number of benzene rings is 1.